The molecule has 0 aliphatic rings. The first-order valence-electron chi connectivity index (χ1n) is 5.09. The van der Waals surface area contributed by atoms with Crippen molar-refractivity contribution in [1.82, 2.24) is 10.3 Å². The maximum atomic E-state index is 11.7. The molecule has 0 radical (unpaired) electrons. The van der Waals surface area contributed by atoms with Gasteiger partial charge in [-0.1, -0.05) is 0 Å². The number of amides is 1. The Morgan fingerprint density at radius 1 is 1.41 bits per heavy atom. The largest absolute Gasteiger partial charge is 0.497 e. The molecule has 17 heavy (non-hydrogen) atoms. The number of hydrogen-bond donors (Lipinski definition) is 1. The van der Waals surface area contributed by atoms with Crippen molar-refractivity contribution in [2.24, 2.45) is 0 Å². The van der Waals surface area contributed by atoms with Crippen molar-refractivity contribution in [3.63, 3.8) is 0 Å². The average Bonchev–Trinajstić information content (AvgIpc) is 2.89. The number of ether oxygens (including phenoxy) is 1. The van der Waals surface area contributed by atoms with Gasteiger partial charge in [-0.15, -0.1) is 0 Å². The molecule has 2 rings (SSSR count). The van der Waals surface area contributed by atoms with Crippen LogP contribution in [-0.4, -0.2) is 18.0 Å². The van der Waals surface area contributed by atoms with Crippen molar-refractivity contribution in [1.29, 1.82) is 0 Å². The van der Waals surface area contributed by atoms with Gasteiger partial charge in [-0.3, -0.25) is 4.79 Å². The summed E-state index contributed by atoms with van der Waals surface area (Å²) >= 11 is 0. The number of oxazole rings is 1. The molecule has 0 saturated carbocycles. The van der Waals surface area contributed by atoms with Gasteiger partial charge in [0.2, 0.25) is 0 Å². The zero-order valence-electron chi connectivity index (χ0n) is 9.34. The Hall–Kier alpha value is -2.30. The molecule has 1 amide bonds. The van der Waals surface area contributed by atoms with Crippen molar-refractivity contribution in [3.8, 4) is 5.75 Å². The standard InChI is InChI=1S/C12H12N2O3/c1-16-11-4-2-9(3-5-11)12(15)13-6-10-7-17-8-14-10/h2-5,7-8H,6H2,1H3,(H,13,15). The summed E-state index contributed by atoms with van der Waals surface area (Å²) in [5.74, 6) is 0.564. The summed E-state index contributed by atoms with van der Waals surface area (Å²) in [5, 5.41) is 2.74. The molecule has 1 N–H and O–H groups in total. The van der Waals surface area contributed by atoms with Crippen LogP contribution in [0, 0.1) is 0 Å². The van der Waals surface area contributed by atoms with Gasteiger partial charge in [0.15, 0.2) is 6.39 Å². The van der Waals surface area contributed by atoms with Crippen molar-refractivity contribution in [2.45, 2.75) is 6.54 Å². The van der Waals surface area contributed by atoms with Crippen LogP contribution < -0.4 is 10.1 Å². The summed E-state index contributed by atoms with van der Waals surface area (Å²) in [6, 6.07) is 6.89. The highest BCUT2D eigenvalue weighted by Gasteiger charge is 2.05. The highest BCUT2D eigenvalue weighted by Crippen LogP contribution is 2.11. The third kappa shape index (κ3) is 2.84. The minimum atomic E-state index is -0.157. The summed E-state index contributed by atoms with van der Waals surface area (Å²) < 4.78 is 9.82. The minimum Gasteiger partial charge on any atom is -0.497 e. The SMILES string of the molecule is COc1ccc(C(=O)NCc2cocn2)cc1. The topological polar surface area (TPSA) is 64.4 Å². The molecule has 0 spiro atoms. The second-order valence-electron chi connectivity index (χ2n) is 3.39. The average molecular weight is 232 g/mol. The normalized spacial score (nSPS) is 9.94. The zero-order chi connectivity index (χ0) is 12.1. The smallest absolute Gasteiger partial charge is 0.251 e. The van der Waals surface area contributed by atoms with Crippen molar-refractivity contribution in [2.75, 3.05) is 7.11 Å². The molecular weight excluding hydrogens is 220 g/mol. The Morgan fingerprint density at radius 2 is 2.18 bits per heavy atom. The Labute approximate surface area is 98.4 Å². The highest BCUT2D eigenvalue weighted by atomic mass is 16.5. The van der Waals surface area contributed by atoms with Crippen LogP contribution in [0.1, 0.15) is 16.1 Å². The number of methoxy groups -OCH3 is 1. The van der Waals surface area contributed by atoms with E-state index in [1.165, 1.54) is 12.7 Å². The summed E-state index contributed by atoms with van der Waals surface area (Å²) in [6.07, 6.45) is 2.82. The highest BCUT2D eigenvalue weighted by molar-refractivity contribution is 5.94. The Kier molecular flexibility index (Phi) is 3.40. The first-order chi connectivity index (χ1) is 8.29. The van der Waals surface area contributed by atoms with Crippen LogP contribution in [-0.2, 0) is 6.54 Å². The molecule has 2 aromatic rings. The summed E-state index contributed by atoms with van der Waals surface area (Å²) in [7, 11) is 1.58. The van der Waals surface area contributed by atoms with Gasteiger partial charge in [0.1, 0.15) is 12.0 Å². The van der Waals surface area contributed by atoms with Crippen molar-refractivity contribution in [3.05, 3.63) is 48.2 Å². The van der Waals surface area contributed by atoms with Gasteiger partial charge in [-0.05, 0) is 24.3 Å². The Bertz CT molecular complexity index is 477. The third-order valence-corrected chi connectivity index (χ3v) is 2.27. The molecule has 0 bridgehead atoms. The lowest BCUT2D eigenvalue weighted by atomic mass is 10.2. The summed E-state index contributed by atoms with van der Waals surface area (Å²) in [5.41, 5.74) is 1.26. The molecule has 5 heteroatoms. The Morgan fingerprint density at radius 3 is 2.76 bits per heavy atom. The molecule has 0 aliphatic heterocycles. The molecule has 0 saturated heterocycles. The van der Waals surface area contributed by atoms with Gasteiger partial charge >= 0.3 is 0 Å². The van der Waals surface area contributed by atoms with E-state index in [4.69, 9.17) is 9.15 Å². The van der Waals surface area contributed by atoms with Gasteiger partial charge in [0.25, 0.3) is 5.91 Å². The van der Waals surface area contributed by atoms with Gasteiger partial charge < -0.3 is 14.5 Å². The van der Waals surface area contributed by atoms with Gasteiger partial charge in [0, 0.05) is 5.56 Å². The molecular formula is C12H12N2O3. The predicted molar refractivity (Wildman–Crippen MR) is 60.7 cm³/mol. The lowest BCUT2D eigenvalue weighted by Gasteiger charge is -2.04. The zero-order valence-corrected chi connectivity index (χ0v) is 9.34. The van der Waals surface area contributed by atoms with E-state index in [0.29, 0.717) is 17.8 Å². The van der Waals surface area contributed by atoms with E-state index in [-0.39, 0.29) is 5.91 Å². The number of hydrogen-bond acceptors (Lipinski definition) is 4. The van der Waals surface area contributed by atoms with Gasteiger partial charge in [-0.25, -0.2) is 4.98 Å². The van der Waals surface area contributed by atoms with E-state index >= 15 is 0 Å². The maximum Gasteiger partial charge on any atom is 0.251 e. The predicted octanol–water partition coefficient (Wildman–Crippen LogP) is 1.61. The number of nitrogens with zero attached hydrogens (tertiary/aromatic N) is 1. The quantitative estimate of drug-likeness (QED) is 0.869. The lowest BCUT2D eigenvalue weighted by Crippen LogP contribution is -2.22. The Balaban J connectivity index is 1.95. The number of carbonyl (C=O) groups excluding carboxylic acids is 1. The van der Waals surface area contributed by atoms with Crippen LogP contribution in [0.3, 0.4) is 0 Å². The van der Waals surface area contributed by atoms with Gasteiger partial charge in [-0.2, -0.15) is 0 Å². The fourth-order valence-corrected chi connectivity index (χ4v) is 1.34. The van der Waals surface area contributed by atoms with E-state index in [0.717, 1.165) is 5.75 Å². The number of aromatic nitrogens is 1. The number of rotatable bonds is 4. The van der Waals surface area contributed by atoms with E-state index in [1.54, 1.807) is 31.4 Å². The van der Waals surface area contributed by atoms with Crippen LogP contribution in [0.15, 0.2) is 41.3 Å². The molecule has 1 aromatic heterocycles. The molecule has 0 fully saturated rings. The number of carbonyl (C=O) groups is 1. The van der Waals surface area contributed by atoms with Crippen LogP contribution >= 0.6 is 0 Å². The molecule has 0 aliphatic carbocycles. The van der Waals surface area contributed by atoms with Crippen molar-refractivity contribution >= 4 is 5.91 Å². The second kappa shape index (κ2) is 5.16. The molecule has 1 heterocycles. The second-order valence-corrected chi connectivity index (χ2v) is 3.39. The number of benzene rings is 1. The first-order valence-corrected chi connectivity index (χ1v) is 5.09. The van der Waals surface area contributed by atoms with E-state index in [1.807, 2.05) is 0 Å². The first kappa shape index (κ1) is 11.2. The molecule has 0 unspecified atom stereocenters. The minimum absolute atomic E-state index is 0.157. The van der Waals surface area contributed by atoms with E-state index in [2.05, 4.69) is 10.3 Å². The van der Waals surface area contributed by atoms with Gasteiger partial charge in [0.05, 0.1) is 19.3 Å². The maximum absolute atomic E-state index is 11.7. The lowest BCUT2D eigenvalue weighted by molar-refractivity contribution is 0.0950. The molecule has 5 nitrogen and oxygen atoms in total. The monoisotopic (exact) mass is 232 g/mol. The van der Waals surface area contributed by atoms with Crippen LogP contribution in [0.4, 0.5) is 0 Å². The van der Waals surface area contributed by atoms with Crippen molar-refractivity contribution < 1.29 is 13.9 Å². The van der Waals surface area contributed by atoms with E-state index in [9.17, 15) is 4.79 Å². The fourth-order valence-electron chi connectivity index (χ4n) is 1.34. The molecule has 1 aromatic carbocycles. The summed E-state index contributed by atoms with van der Waals surface area (Å²) in [4.78, 5) is 15.6. The van der Waals surface area contributed by atoms with Crippen LogP contribution in [0.5, 0.6) is 5.75 Å². The molecule has 88 valence electrons. The molecule has 0 atom stereocenters. The summed E-state index contributed by atoms with van der Waals surface area (Å²) in [6.45, 7) is 0.349. The van der Waals surface area contributed by atoms with Crippen LogP contribution in [0.25, 0.3) is 0 Å². The number of nitrogens with one attached hydrogen (secondary N) is 1. The van der Waals surface area contributed by atoms with Crippen LogP contribution in [0.2, 0.25) is 0 Å². The fraction of sp³-hybridized carbons (Fsp3) is 0.167. The van der Waals surface area contributed by atoms with E-state index < -0.39 is 0 Å². The third-order valence-electron chi connectivity index (χ3n) is 2.27.